The molecule has 1 unspecified atom stereocenters. The molecule has 3 aromatic rings. The first-order valence-corrected chi connectivity index (χ1v) is 12.9. The molecule has 1 atom stereocenters. The number of benzene rings is 3. The topological polar surface area (TPSA) is 66.9 Å². The second-order valence-corrected chi connectivity index (χ2v) is 10.7. The molecule has 0 radical (unpaired) electrons. The Bertz CT molecular complexity index is 1290. The monoisotopic (exact) mass is 464 g/mol. The van der Waals surface area contributed by atoms with Crippen LogP contribution in [-0.4, -0.2) is 56.4 Å². The molecule has 0 N–H and O–H groups in total. The van der Waals surface area contributed by atoms with E-state index in [4.69, 9.17) is 4.74 Å². The number of hydrogen-bond acceptors (Lipinski definition) is 4. The predicted octanol–water partition coefficient (Wildman–Crippen LogP) is 4.15. The number of sulfonamides is 1. The van der Waals surface area contributed by atoms with Gasteiger partial charge < -0.3 is 9.64 Å². The third-order valence-corrected chi connectivity index (χ3v) is 8.64. The highest BCUT2D eigenvalue weighted by atomic mass is 32.2. The second kappa shape index (κ2) is 8.89. The molecule has 0 spiro atoms. The van der Waals surface area contributed by atoms with Crippen LogP contribution in [0.25, 0.3) is 10.8 Å². The number of carbonyl (C=O) groups is 1. The number of likely N-dealkylation sites (tertiary alicyclic amines) is 1. The molecule has 5 rings (SSSR count). The van der Waals surface area contributed by atoms with Crippen molar-refractivity contribution in [2.45, 2.75) is 30.7 Å². The molecule has 2 aliphatic rings. The van der Waals surface area contributed by atoms with Gasteiger partial charge in [0.1, 0.15) is 0 Å². The molecule has 3 aromatic carbocycles. The number of fused-ring (bicyclic) bond motifs is 1. The van der Waals surface area contributed by atoms with Gasteiger partial charge in [-0.25, -0.2) is 8.42 Å². The van der Waals surface area contributed by atoms with E-state index < -0.39 is 10.0 Å². The molecule has 172 valence electrons. The lowest BCUT2D eigenvalue weighted by Crippen LogP contribution is -2.40. The van der Waals surface area contributed by atoms with Crippen LogP contribution in [0.5, 0.6) is 0 Å². The Balaban J connectivity index is 1.49. The van der Waals surface area contributed by atoms with E-state index in [-0.39, 0.29) is 16.8 Å². The van der Waals surface area contributed by atoms with Gasteiger partial charge in [0, 0.05) is 25.2 Å². The fourth-order valence-corrected chi connectivity index (χ4v) is 6.39. The van der Waals surface area contributed by atoms with E-state index >= 15 is 0 Å². The van der Waals surface area contributed by atoms with E-state index in [0.717, 1.165) is 34.7 Å². The van der Waals surface area contributed by atoms with E-state index in [1.54, 1.807) is 18.2 Å². The van der Waals surface area contributed by atoms with Gasteiger partial charge in [-0.3, -0.25) is 4.79 Å². The maximum Gasteiger partial charge on any atom is 0.254 e. The van der Waals surface area contributed by atoms with Gasteiger partial charge in [-0.15, -0.1) is 0 Å². The van der Waals surface area contributed by atoms with Gasteiger partial charge in [0.15, 0.2) is 0 Å². The van der Waals surface area contributed by atoms with Gasteiger partial charge in [-0.1, -0.05) is 48.5 Å². The SMILES string of the molecule is Cc1ccc(S(=O)(=O)N2CCOCC2)cc1C(=O)N1CCCC1c1cccc2ccccc12. The van der Waals surface area contributed by atoms with Crippen molar-refractivity contribution in [2.75, 3.05) is 32.8 Å². The number of carbonyl (C=O) groups excluding carboxylic acids is 1. The van der Waals surface area contributed by atoms with Crippen molar-refractivity contribution in [1.82, 2.24) is 9.21 Å². The Morgan fingerprint density at radius 3 is 2.55 bits per heavy atom. The summed E-state index contributed by atoms with van der Waals surface area (Å²) in [4.78, 5) is 15.8. The highest BCUT2D eigenvalue weighted by Gasteiger charge is 2.33. The molecule has 33 heavy (non-hydrogen) atoms. The van der Waals surface area contributed by atoms with Crippen LogP contribution in [-0.2, 0) is 14.8 Å². The lowest BCUT2D eigenvalue weighted by atomic mass is 9.96. The summed E-state index contributed by atoms with van der Waals surface area (Å²) in [5.41, 5.74) is 2.38. The zero-order chi connectivity index (χ0) is 23.0. The van der Waals surface area contributed by atoms with Crippen molar-refractivity contribution in [3.8, 4) is 0 Å². The number of rotatable bonds is 4. The van der Waals surface area contributed by atoms with Gasteiger partial charge in [0.2, 0.25) is 10.0 Å². The van der Waals surface area contributed by atoms with Crippen LogP contribution in [0.15, 0.2) is 65.6 Å². The summed E-state index contributed by atoms with van der Waals surface area (Å²) < 4.78 is 33.1. The van der Waals surface area contributed by atoms with Crippen molar-refractivity contribution in [3.05, 3.63) is 77.4 Å². The summed E-state index contributed by atoms with van der Waals surface area (Å²) in [5, 5.41) is 2.31. The maximum atomic E-state index is 13.7. The lowest BCUT2D eigenvalue weighted by molar-refractivity contribution is 0.0727. The number of amides is 1. The molecule has 0 aliphatic carbocycles. The lowest BCUT2D eigenvalue weighted by Gasteiger charge is -2.28. The molecule has 0 saturated carbocycles. The summed E-state index contributed by atoms with van der Waals surface area (Å²) in [6.45, 7) is 3.95. The normalized spacial score (nSPS) is 19.8. The van der Waals surface area contributed by atoms with Gasteiger partial charge in [-0.05, 0) is 53.8 Å². The highest BCUT2D eigenvalue weighted by Crippen LogP contribution is 2.37. The van der Waals surface area contributed by atoms with Crippen LogP contribution in [0.1, 0.15) is 40.4 Å². The third kappa shape index (κ3) is 4.05. The van der Waals surface area contributed by atoms with Crippen molar-refractivity contribution in [2.24, 2.45) is 0 Å². The number of ether oxygens (including phenoxy) is 1. The van der Waals surface area contributed by atoms with Crippen LogP contribution >= 0.6 is 0 Å². The van der Waals surface area contributed by atoms with Gasteiger partial charge in [0.25, 0.3) is 5.91 Å². The average molecular weight is 465 g/mol. The molecule has 6 nitrogen and oxygen atoms in total. The molecule has 1 amide bonds. The van der Waals surface area contributed by atoms with Crippen molar-refractivity contribution >= 4 is 26.7 Å². The average Bonchev–Trinajstić information content (AvgIpc) is 3.34. The molecule has 2 saturated heterocycles. The molecule has 7 heteroatoms. The summed E-state index contributed by atoms with van der Waals surface area (Å²) >= 11 is 0. The molecule has 2 aliphatic heterocycles. The minimum Gasteiger partial charge on any atom is -0.379 e. The maximum absolute atomic E-state index is 13.7. The first-order chi connectivity index (χ1) is 16.0. The zero-order valence-corrected chi connectivity index (χ0v) is 19.6. The summed E-state index contributed by atoms with van der Waals surface area (Å²) in [6, 6.07) is 19.3. The van der Waals surface area contributed by atoms with E-state index in [2.05, 4.69) is 24.3 Å². The van der Waals surface area contributed by atoms with Crippen LogP contribution in [0.3, 0.4) is 0 Å². The van der Waals surface area contributed by atoms with E-state index in [0.29, 0.717) is 38.4 Å². The largest absolute Gasteiger partial charge is 0.379 e. The third-order valence-electron chi connectivity index (χ3n) is 6.74. The van der Waals surface area contributed by atoms with Gasteiger partial charge in [-0.2, -0.15) is 4.31 Å². The fraction of sp³-hybridized carbons (Fsp3) is 0.346. The second-order valence-electron chi connectivity index (χ2n) is 8.72. The van der Waals surface area contributed by atoms with Crippen LogP contribution < -0.4 is 0 Å². The highest BCUT2D eigenvalue weighted by molar-refractivity contribution is 7.89. The Hall–Kier alpha value is -2.74. The number of aryl methyl sites for hydroxylation is 1. The van der Waals surface area contributed by atoms with Gasteiger partial charge in [0.05, 0.1) is 24.2 Å². The van der Waals surface area contributed by atoms with Crippen LogP contribution in [0.4, 0.5) is 0 Å². The number of nitrogens with zero attached hydrogens (tertiary/aromatic N) is 2. The van der Waals surface area contributed by atoms with Crippen molar-refractivity contribution < 1.29 is 17.9 Å². The zero-order valence-electron chi connectivity index (χ0n) is 18.7. The molecular weight excluding hydrogens is 436 g/mol. The Morgan fingerprint density at radius 1 is 0.970 bits per heavy atom. The first kappa shape index (κ1) is 22.1. The minimum atomic E-state index is -3.67. The summed E-state index contributed by atoms with van der Waals surface area (Å²) in [5.74, 6) is -0.109. The molecular formula is C26H28N2O4S. The molecule has 2 heterocycles. The Kier molecular flexibility index (Phi) is 5.95. The standard InChI is InChI=1S/C26H28N2O4S/c1-19-11-12-21(33(30,31)27-14-16-32-17-15-27)18-24(19)26(29)28-13-5-10-25(28)23-9-4-7-20-6-2-3-8-22(20)23/h2-4,6-9,11-12,18,25H,5,10,13-17H2,1H3. The van der Waals surface area contributed by atoms with Crippen molar-refractivity contribution in [3.63, 3.8) is 0 Å². The number of hydrogen-bond donors (Lipinski definition) is 0. The Morgan fingerprint density at radius 2 is 1.73 bits per heavy atom. The Labute approximate surface area is 194 Å². The molecule has 0 aromatic heterocycles. The minimum absolute atomic E-state index is 0.0255. The predicted molar refractivity (Wildman–Crippen MR) is 128 cm³/mol. The quantitative estimate of drug-likeness (QED) is 0.582. The number of morpholine rings is 1. The fourth-order valence-electron chi connectivity index (χ4n) is 4.96. The van der Waals surface area contributed by atoms with Crippen LogP contribution in [0, 0.1) is 6.92 Å². The van der Waals surface area contributed by atoms with Crippen molar-refractivity contribution in [1.29, 1.82) is 0 Å². The summed E-state index contributed by atoms with van der Waals surface area (Å²) in [6.07, 6.45) is 1.81. The van der Waals surface area contributed by atoms with E-state index in [1.807, 2.05) is 30.0 Å². The summed E-state index contributed by atoms with van der Waals surface area (Å²) in [7, 11) is -3.67. The van der Waals surface area contributed by atoms with E-state index in [9.17, 15) is 13.2 Å². The molecule has 0 bridgehead atoms. The first-order valence-electron chi connectivity index (χ1n) is 11.4. The smallest absolute Gasteiger partial charge is 0.254 e. The van der Waals surface area contributed by atoms with E-state index in [1.165, 1.54) is 4.31 Å². The van der Waals surface area contributed by atoms with Gasteiger partial charge >= 0.3 is 0 Å². The van der Waals surface area contributed by atoms with Crippen LogP contribution in [0.2, 0.25) is 0 Å². The molecule has 2 fully saturated rings.